The standard InChI is InChI=1S/C19H33N5OS.HI/c1-4-20-19(22-13-11-18-23-14(2)15(3)26-18)21-12-10-17(25)24-16-8-6-5-7-9-16;/h16H,4-13H2,1-3H3,(H,24,25)(H2,20,21,22);1H. The van der Waals surface area contributed by atoms with Crippen LogP contribution in [-0.4, -0.2) is 42.5 Å². The molecule has 1 amide bonds. The Bertz CT molecular complexity index is 579. The van der Waals surface area contributed by atoms with E-state index in [2.05, 4.69) is 32.9 Å². The number of aliphatic imine (C=N–C) groups is 1. The van der Waals surface area contributed by atoms with Gasteiger partial charge >= 0.3 is 0 Å². The van der Waals surface area contributed by atoms with Crippen LogP contribution in [-0.2, 0) is 11.2 Å². The molecule has 27 heavy (non-hydrogen) atoms. The first-order valence-corrected chi connectivity index (χ1v) is 10.6. The van der Waals surface area contributed by atoms with Gasteiger partial charge in [0.05, 0.1) is 10.7 Å². The second kappa shape index (κ2) is 13.3. The first-order valence-electron chi connectivity index (χ1n) is 9.83. The van der Waals surface area contributed by atoms with Gasteiger partial charge in [-0.05, 0) is 33.6 Å². The predicted octanol–water partition coefficient (Wildman–Crippen LogP) is 3.31. The van der Waals surface area contributed by atoms with Crippen molar-refractivity contribution < 1.29 is 4.79 Å². The van der Waals surface area contributed by atoms with Crippen LogP contribution in [0.25, 0.3) is 0 Å². The lowest BCUT2D eigenvalue weighted by atomic mass is 9.95. The molecule has 0 saturated heterocycles. The number of rotatable bonds is 8. The van der Waals surface area contributed by atoms with Gasteiger partial charge < -0.3 is 16.0 Å². The van der Waals surface area contributed by atoms with Crippen molar-refractivity contribution in [2.24, 2.45) is 4.99 Å². The van der Waals surface area contributed by atoms with Gasteiger partial charge in [0.2, 0.25) is 5.91 Å². The molecule has 0 aromatic carbocycles. The summed E-state index contributed by atoms with van der Waals surface area (Å²) >= 11 is 1.74. The van der Waals surface area contributed by atoms with Crippen LogP contribution in [0.4, 0.5) is 0 Å². The van der Waals surface area contributed by atoms with E-state index in [0.717, 1.165) is 42.5 Å². The second-order valence-corrected chi connectivity index (χ2v) is 8.13. The van der Waals surface area contributed by atoms with Crippen molar-refractivity contribution in [1.29, 1.82) is 0 Å². The van der Waals surface area contributed by atoms with Crippen LogP contribution in [0.15, 0.2) is 4.99 Å². The second-order valence-electron chi connectivity index (χ2n) is 6.84. The van der Waals surface area contributed by atoms with Crippen LogP contribution in [0.1, 0.15) is 61.0 Å². The number of nitrogens with zero attached hydrogens (tertiary/aromatic N) is 2. The zero-order chi connectivity index (χ0) is 18.8. The molecule has 2 rings (SSSR count). The Kier molecular flexibility index (Phi) is 11.9. The molecule has 0 unspecified atom stereocenters. The van der Waals surface area contributed by atoms with E-state index in [4.69, 9.17) is 0 Å². The lowest BCUT2D eigenvalue weighted by Gasteiger charge is -2.22. The molecule has 1 aromatic heterocycles. The topological polar surface area (TPSA) is 78.4 Å². The van der Waals surface area contributed by atoms with Crippen LogP contribution in [0.2, 0.25) is 0 Å². The average Bonchev–Trinajstić information content (AvgIpc) is 2.93. The Hall–Kier alpha value is -0.900. The number of thiazole rings is 1. The zero-order valence-corrected chi connectivity index (χ0v) is 19.9. The van der Waals surface area contributed by atoms with Gasteiger partial charge in [-0.15, -0.1) is 35.3 Å². The summed E-state index contributed by atoms with van der Waals surface area (Å²) in [7, 11) is 0. The highest BCUT2D eigenvalue weighted by Gasteiger charge is 2.15. The first kappa shape index (κ1) is 24.1. The number of hydrogen-bond donors (Lipinski definition) is 3. The molecule has 0 bridgehead atoms. The maximum Gasteiger partial charge on any atom is 0.221 e. The summed E-state index contributed by atoms with van der Waals surface area (Å²) in [6.07, 6.45) is 7.34. The molecule has 6 nitrogen and oxygen atoms in total. The number of nitrogens with one attached hydrogen (secondary N) is 3. The number of guanidine groups is 1. The van der Waals surface area contributed by atoms with Gasteiger partial charge in [0, 0.05) is 43.4 Å². The summed E-state index contributed by atoms with van der Waals surface area (Å²) in [4.78, 5) is 22.5. The highest BCUT2D eigenvalue weighted by atomic mass is 127. The molecule has 1 fully saturated rings. The van der Waals surface area contributed by atoms with E-state index >= 15 is 0 Å². The number of aryl methyl sites for hydroxylation is 2. The van der Waals surface area contributed by atoms with Crippen molar-refractivity contribution in [3.05, 3.63) is 15.6 Å². The van der Waals surface area contributed by atoms with Crippen molar-refractivity contribution in [3.8, 4) is 0 Å². The number of halogens is 1. The minimum atomic E-state index is 0. The molecule has 1 aliphatic rings. The summed E-state index contributed by atoms with van der Waals surface area (Å²) < 4.78 is 0. The third kappa shape index (κ3) is 9.23. The molecular formula is C19H34IN5OS. The molecule has 0 aliphatic heterocycles. The Morgan fingerprint density at radius 3 is 2.59 bits per heavy atom. The zero-order valence-electron chi connectivity index (χ0n) is 16.8. The Morgan fingerprint density at radius 2 is 1.96 bits per heavy atom. The molecular weight excluding hydrogens is 473 g/mol. The van der Waals surface area contributed by atoms with Gasteiger partial charge in [0.15, 0.2) is 5.96 Å². The van der Waals surface area contributed by atoms with Crippen LogP contribution in [0.3, 0.4) is 0 Å². The fourth-order valence-corrected chi connectivity index (χ4v) is 4.02. The van der Waals surface area contributed by atoms with E-state index in [0.29, 0.717) is 25.6 Å². The summed E-state index contributed by atoms with van der Waals surface area (Å²) in [6.45, 7) is 8.28. The molecule has 1 saturated carbocycles. The minimum absolute atomic E-state index is 0. The smallest absolute Gasteiger partial charge is 0.221 e. The number of amides is 1. The Labute approximate surface area is 184 Å². The fourth-order valence-electron chi connectivity index (χ4n) is 3.09. The van der Waals surface area contributed by atoms with Gasteiger partial charge in [0.25, 0.3) is 0 Å². The van der Waals surface area contributed by atoms with E-state index in [9.17, 15) is 4.79 Å². The molecule has 8 heteroatoms. The molecule has 0 spiro atoms. The number of hydrogen-bond acceptors (Lipinski definition) is 4. The molecule has 1 aromatic rings. The summed E-state index contributed by atoms with van der Waals surface area (Å²) in [5, 5.41) is 10.8. The van der Waals surface area contributed by atoms with Crippen LogP contribution < -0.4 is 16.0 Å². The van der Waals surface area contributed by atoms with Gasteiger partial charge in [-0.2, -0.15) is 0 Å². The van der Waals surface area contributed by atoms with E-state index < -0.39 is 0 Å². The van der Waals surface area contributed by atoms with Crippen molar-refractivity contribution in [2.45, 2.75) is 71.8 Å². The normalized spacial score (nSPS) is 15.1. The predicted molar refractivity (Wildman–Crippen MR) is 124 cm³/mol. The van der Waals surface area contributed by atoms with Gasteiger partial charge in [-0.1, -0.05) is 19.3 Å². The fraction of sp³-hybridized carbons (Fsp3) is 0.737. The summed E-state index contributed by atoms with van der Waals surface area (Å²) in [5.74, 6) is 0.900. The monoisotopic (exact) mass is 507 g/mol. The third-order valence-electron chi connectivity index (χ3n) is 4.63. The van der Waals surface area contributed by atoms with E-state index in [1.54, 1.807) is 11.3 Å². The number of carbonyl (C=O) groups excluding carboxylic acids is 1. The SMILES string of the molecule is CCNC(=NCCc1nc(C)c(C)s1)NCCC(=O)NC1CCCCC1.I. The molecule has 154 valence electrons. The number of aromatic nitrogens is 1. The van der Waals surface area contributed by atoms with E-state index in [1.165, 1.54) is 24.1 Å². The van der Waals surface area contributed by atoms with E-state index in [1.807, 2.05) is 13.8 Å². The van der Waals surface area contributed by atoms with Gasteiger partial charge in [-0.3, -0.25) is 9.79 Å². The minimum Gasteiger partial charge on any atom is -0.357 e. The van der Waals surface area contributed by atoms with Crippen LogP contribution in [0.5, 0.6) is 0 Å². The highest BCUT2D eigenvalue weighted by molar-refractivity contribution is 14.0. The Morgan fingerprint density at radius 1 is 1.22 bits per heavy atom. The average molecular weight is 507 g/mol. The van der Waals surface area contributed by atoms with Gasteiger partial charge in [0.1, 0.15) is 0 Å². The molecule has 0 atom stereocenters. The molecule has 1 heterocycles. The van der Waals surface area contributed by atoms with Crippen molar-refractivity contribution >= 4 is 47.2 Å². The quantitative estimate of drug-likeness (QED) is 0.287. The van der Waals surface area contributed by atoms with Crippen molar-refractivity contribution in [1.82, 2.24) is 20.9 Å². The van der Waals surface area contributed by atoms with Crippen molar-refractivity contribution in [2.75, 3.05) is 19.6 Å². The molecule has 0 radical (unpaired) electrons. The van der Waals surface area contributed by atoms with Crippen molar-refractivity contribution in [3.63, 3.8) is 0 Å². The number of carbonyl (C=O) groups is 1. The molecule has 3 N–H and O–H groups in total. The van der Waals surface area contributed by atoms with E-state index in [-0.39, 0.29) is 29.9 Å². The lowest BCUT2D eigenvalue weighted by molar-refractivity contribution is -0.121. The Balaban J connectivity index is 0.00000364. The molecule has 1 aliphatic carbocycles. The van der Waals surface area contributed by atoms with Gasteiger partial charge in [-0.25, -0.2) is 4.98 Å². The van der Waals surface area contributed by atoms with Crippen LogP contribution >= 0.6 is 35.3 Å². The highest BCUT2D eigenvalue weighted by Crippen LogP contribution is 2.17. The third-order valence-corrected chi connectivity index (χ3v) is 5.76. The first-order chi connectivity index (χ1) is 12.6. The maximum absolute atomic E-state index is 12.1. The van der Waals surface area contributed by atoms with Crippen LogP contribution in [0, 0.1) is 13.8 Å². The lowest BCUT2D eigenvalue weighted by Crippen LogP contribution is -2.41. The maximum atomic E-state index is 12.1. The summed E-state index contributed by atoms with van der Waals surface area (Å²) in [6, 6.07) is 0.378. The summed E-state index contributed by atoms with van der Waals surface area (Å²) in [5.41, 5.74) is 1.11. The largest absolute Gasteiger partial charge is 0.357 e.